The summed E-state index contributed by atoms with van der Waals surface area (Å²) in [5.41, 5.74) is -0.393. The lowest BCUT2D eigenvalue weighted by Gasteiger charge is -2.25. The van der Waals surface area contributed by atoms with Crippen molar-refractivity contribution in [2.24, 2.45) is 5.92 Å². The molecule has 2 fully saturated rings. The zero-order valence-corrected chi connectivity index (χ0v) is 23.5. The molecule has 38 heavy (non-hydrogen) atoms. The number of benzene rings is 2. The Morgan fingerprint density at radius 1 is 0.947 bits per heavy atom. The van der Waals surface area contributed by atoms with E-state index in [1.165, 1.54) is 42.0 Å². The fourth-order valence-electron chi connectivity index (χ4n) is 3.97. The number of hydrogen-bond acceptors (Lipinski definition) is 7. The molecule has 1 aliphatic heterocycles. The summed E-state index contributed by atoms with van der Waals surface area (Å²) in [4.78, 5) is 21.1. The number of carbonyl (C=O) groups excluding carboxylic acids is 1. The van der Waals surface area contributed by atoms with Crippen LogP contribution in [0.15, 0.2) is 74.2 Å². The number of hydrogen-bond donors (Lipinski definition) is 1. The van der Waals surface area contributed by atoms with Crippen LogP contribution in [0.4, 0.5) is 19.0 Å². The Kier molecular flexibility index (Phi) is 8.84. The monoisotopic (exact) mass is 595 g/mol. The van der Waals surface area contributed by atoms with Gasteiger partial charge in [0.1, 0.15) is 11.5 Å². The zero-order valence-electron chi connectivity index (χ0n) is 20.3. The highest BCUT2D eigenvalue weighted by molar-refractivity contribution is 8.00. The number of anilines is 1. The highest BCUT2D eigenvalue weighted by Crippen LogP contribution is 2.39. The fourth-order valence-corrected chi connectivity index (χ4v) is 6.79. The Morgan fingerprint density at radius 3 is 2.29 bits per heavy atom. The molecule has 1 N–H and O–H groups in total. The van der Waals surface area contributed by atoms with Gasteiger partial charge < -0.3 is 4.72 Å². The van der Waals surface area contributed by atoms with Crippen LogP contribution in [0.2, 0.25) is 5.02 Å². The predicted octanol–water partition coefficient (Wildman–Crippen LogP) is 9.11. The number of pyridine rings is 1. The number of carbonyl (C=O) groups is 1. The van der Waals surface area contributed by atoms with Crippen molar-refractivity contribution in [3.63, 3.8) is 0 Å². The van der Waals surface area contributed by atoms with E-state index in [1.54, 1.807) is 18.0 Å². The van der Waals surface area contributed by atoms with Crippen LogP contribution >= 0.6 is 47.3 Å². The van der Waals surface area contributed by atoms with Crippen LogP contribution in [-0.2, 0) is 6.18 Å². The summed E-state index contributed by atoms with van der Waals surface area (Å²) in [6, 6.07) is 15.2. The number of nitrogens with zero attached hydrogens (tertiary/aromatic N) is 2. The average molecular weight is 596 g/mol. The molecular weight excluding hydrogens is 571 g/mol. The zero-order chi connectivity index (χ0) is 26.7. The van der Waals surface area contributed by atoms with E-state index < -0.39 is 11.7 Å². The molecule has 0 spiro atoms. The summed E-state index contributed by atoms with van der Waals surface area (Å²) in [5.74, 6) is 0.455. The SMILES string of the molecule is O=C(c1nc(NSc2ccc(C(F)(F)F)cc2Cl)ccc1Sc1ccc(SN2CCCCC2)cc1)C1CC1. The van der Waals surface area contributed by atoms with Gasteiger partial charge in [-0.3, -0.25) is 4.79 Å². The van der Waals surface area contributed by atoms with Crippen molar-refractivity contribution in [3.8, 4) is 0 Å². The lowest BCUT2D eigenvalue weighted by atomic mass is 10.2. The molecular formula is C27H25ClF3N3OS3. The van der Waals surface area contributed by atoms with Gasteiger partial charge in [-0.15, -0.1) is 0 Å². The molecule has 1 aliphatic carbocycles. The van der Waals surface area contributed by atoms with Gasteiger partial charge in [-0.1, -0.05) is 29.8 Å². The minimum atomic E-state index is -4.46. The maximum Gasteiger partial charge on any atom is 0.416 e. The van der Waals surface area contributed by atoms with Crippen molar-refractivity contribution in [1.82, 2.24) is 9.29 Å². The Bertz CT molecular complexity index is 1300. The summed E-state index contributed by atoms with van der Waals surface area (Å²) in [6.45, 7) is 2.23. The first kappa shape index (κ1) is 27.7. The van der Waals surface area contributed by atoms with Crippen LogP contribution in [0.1, 0.15) is 48.2 Å². The quantitative estimate of drug-likeness (QED) is 0.195. The molecule has 3 aromatic rings. The molecule has 0 atom stereocenters. The Hall–Kier alpha value is -1.85. The number of aromatic nitrogens is 1. The van der Waals surface area contributed by atoms with Crippen molar-refractivity contribution in [1.29, 1.82) is 0 Å². The van der Waals surface area contributed by atoms with Gasteiger partial charge in [0.2, 0.25) is 0 Å². The maximum absolute atomic E-state index is 13.1. The molecule has 0 unspecified atom stereocenters. The largest absolute Gasteiger partial charge is 0.416 e. The van der Waals surface area contributed by atoms with E-state index >= 15 is 0 Å². The minimum absolute atomic E-state index is 0.00238. The average Bonchev–Trinajstić information content (AvgIpc) is 3.75. The van der Waals surface area contributed by atoms with E-state index in [-0.39, 0.29) is 16.7 Å². The van der Waals surface area contributed by atoms with Crippen molar-refractivity contribution in [2.45, 2.75) is 57.9 Å². The highest BCUT2D eigenvalue weighted by Gasteiger charge is 2.33. The first-order valence-corrected chi connectivity index (χ1v) is 15.1. The maximum atomic E-state index is 13.1. The third kappa shape index (κ3) is 7.21. The van der Waals surface area contributed by atoms with Gasteiger partial charge in [0.05, 0.1) is 10.6 Å². The second-order valence-corrected chi connectivity index (χ2v) is 12.7. The van der Waals surface area contributed by atoms with E-state index in [4.69, 9.17) is 11.6 Å². The molecule has 0 amide bonds. The number of ketones is 1. The molecule has 1 saturated carbocycles. The lowest BCUT2D eigenvalue weighted by Crippen LogP contribution is -2.22. The van der Waals surface area contributed by atoms with E-state index in [9.17, 15) is 18.0 Å². The number of nitrogens with one attached hydrogen (secondary N) is 1. The van der Waals surface area contributed by atoms with Crippen LogP contribution in [0.25, 0.3) is 0 Å². The Balaban J connectivity index is 1.28. The van der Waals surface area contributed by atoms with Gasteiger partial charge in [0.25, 0.3) is 0 Å². The van der Waals surface area contributed by atoms with Gasteiger partial charge >= 0.3 is 6.18 Å². The normalized spacial score (nSPS) is 16.4. The smallest absolute Gasteiger partial charge is 0.310 e. The van der Waals surface area contributed by atoms with Gasteiger partial charge in [-0.2, -0.15) is 13.2 Å². The molecule has 2 aliphatic rings. The molecule has 1 aromatic heterocycles. The molecule has 0 bridgehead atoms. The number of halogens is 4. The third-order valence-electron chi connectivity index (χ3n) is 6.17. The molecule has 5 rings (SSSR count). The first-order chi connectivity index (χ1) is 18.3. The lowest BCUT2D eigenvalue weighted by molar-refractivity contribution is -0.137. The summed E-state index contributed by atoms with van der Waals surface area (Å²) < 4.78 is 44.2. The second-order valence-electron chi connectivity index (χ2n) is 9.18. The van der Waals surface area contributed by atoms with Gasteiger partial charge in [0, 0.05) is 38.6 Å². The molecule has 4 nitrogen and oxygen atoms in total. The highest BCUT2D eigenvalue weighted by atomic mass is 35.5. The Morgan fingerprint density at radius 2 is 1.63 bits per heavy atom. The second kappa shape index (κ2) is 12.1. The van der Waals surface area contributed by atoms with E-state index in [0.717, 1.165) is 59.8 Å². The number of Topliss-reactive ketones (excluding diaryl/α,β-unsaturated/α-hetero) is 1. The first-order valence-electron chi connectivity index (χ1n) is 12.3. The minimum Gasteiger partial charge on any atom is -0.310 e. The van der Waals surface area contributed by atoms with E-state index in [1.807, 2.05) is 6.07 Å². The van der Waals surface area contributed by atoms with Crippen LogP contribution < -0.4 is 4.72 Å². The molecule has 2 heterocycles. The molecule has 11 heteroatoms. The van der Waals surface area contributed by atoms with Crippen molar-refractivity contribution in [2.75, 3.05) is 17.8 Å². The fraction of sp³-hybridized carbons (Fsp3) is 0.333. The van der Waals surface area contributed by atoms with Gasteiger partial charge in [-0.25, -0.2) is 9.29 Å². The molecule has 1 saturated heterocycles. The summed E-state index contributed by atoms with van der Waals surface area (Å²) in [5, 5.41) is -0.0133. The number of piperidine rings is 1. The van der Waals surface area contributed by atoms with E-state index in [0.29, 0.717) is 16.4 Å². The topological polar surface area (TPSA) is 45.2 Å². The van der Waals surface area contributed by atoms with Crippen LogP contribution in [0.5, 0.6) is 0 Å². The third-order valence-corrected chi connectivity index (χ3v) is 9.64. The van der Waals surface area contributed by atoms with Crippen LogP contribution in [-0.4, -0.2) is 28.2 Å². The van der Waals surface area contributed by atoms with Crippen LogP contribution in [0.3, 0.4) is 0 Å². The van der Waals surface area contributed by atoms with Crippen molar-refractivity contribution in [3.05, 3.63) is 70.9 Å². The molecule has 200 valence electrons. The molecule has 0 radical (unpaired) electrons. The van der Waals surface area contributed by atoms with Crippen molar-refractivity contribution < 1.29 is 18.0 Å². The predicted molar refractivity (Wildman–Crippen MR) is 149 cm³/mol. The number of rotatable bonds is 9. The summed E-state index contributed by atoms with van der Waals surface area (Å²) in [7, 11) is 0. The van der Waals surface area contributed by atoms with Crippen molar-refractivity contribution >= 4 is 58.9 Å². The standard InChI is InChI=1S/C27H25ClF3N3OS3/c28-21-16-18(27(29,30)31)6-11-22(21)37-33-24-13-12-23(25(32-24)26(35)17-4-5-17)36-19-7-9-20(10-8-19)38-34-14-2-1-3-15-34/h6-13,16-17H,1-5,14-15H2,(H,32,33). The Labute approximate surface area is 237 Å². The van der Waals surface area contributed by atoms with Gasteiger partial charge in [0.15, 0.2) is 5.78 Å². The summed E-state index contributed by atoms with van der Waals surface area (Å²) >= 11 is 10.4. The summed E-state index contributed by atoms with van der Waals surface area (Å²) in [6.07, 6.45) is 1.05. The molecule has 2 aromatic carbocycles. The number of alkyl halides is 3. The van der Waals surface area contributed by atoms with Gasteiger partial charge in [-0.05, 0) is 104 Å². The van der Waals surface area contributed by atoms with E-state index in [2.05, 4.69) is 38.3 Å². The van der Waals surface area contributed by atoms with Crippen LogP contribution in [0, 0.1) is 5.92 Å².